The van der Waals surface area contributed by atoms with Crippen molar-refractivity contribution in [3.8, 4) is 0 Å². The Bertz CT molecular complexity index is 1230. The molecule has 0 heterocycles. The molecule has 5 aliphatic rings. The Labute approximate surface area is 253 Å². The lowest BCUT2D eigenvalue weighted by atomic mass is 9.33. The number of rotatable bonds is 2. The third-order valence-electron chi connectivity index (χ3n) is 14.3. The second kappa shape index (κ2) is 10.5. The maximum atomic E-state index is 13.8. The fraction of sp³-hybridized carbons (Fsp3) is 0.737. The molecule has 1 N–H and O–H groups in total. The Balaban J connectivity index is 0.00000113. The van der Waals surface area contributed by atoms with E-state index < -0.39 is 11.7 Å². The smallest absolute Gasteiger partial charge is 0.396 e. The van der Waals surface area contributed by atoms with Gasteiger partial charge in [-0.15, -0.1) is 6.58 Å². The fourth-order valence-corrected chi connectivity index (χ4v) is 12.2. The van der Waals surface area contributed by atoms with Gasteiger partial charge in [-0.05, 0) is 145 Å². The first-order chi connectivity index (χ1) is 19.6. The Morgan fingerprint density at radius 1 is 0.905 bits per heavy atom. The molecular formula is C38H55F3O. The molecule has 5 aliphatic carbocycles. The van der Waals surface area contributed by atoms with E-state index in [2.05, 4.69) is 47.3 Å². The first kappa shape index (κ1) is 31.9. The molecular weight excluding hydrogens is 529 g/mol. The van der Waals surface area contributed by atoms with Gasteiger partial charge < -0.3 is 5.11 Å². The second-order valence-corrected chi connectivity index (χ2v) is 16.2. The molecule has 6 rings (SSSR count). The predicted molar refractivity (Wildman–Crippen MR) is 168 cm³/mol. The van der Waals surface area contributed by atoms with Gasteiger partial charge in [0.05, 0.1) is 5.56 Å². The van der Waals surface area contributed by atoms with Crippen LogP contribution in [0.15, 0.2) is 36.9 Å². The number of aliphatic hydroxyl groups is 1. The summed E-state index contributed by atoms with van der Waals surface area (Å²) >= 11 is 0. The molecule has 0 radical (unpaired) electrons. The second-order valence-electron chi connectivity index (χ2n) is 16.2. The van der Waals surface area contributed by atoms with Crippen molar-refractivity contribution in [1.29, 1.82) is 0 Å². The summed E-state index contributed by atoms with van der Waals surface area (Å²) in [6.07, 6.45) is 11.8. The highest BCUT2D eigenvalue weighted by atomic mass is 19.4. The molecule has 0 saturated heterocycles. The van der Waals surface area contributed by atoms with E-state index in [4.69, 9.17) is 0 Å². The SMILES string of the molecule is C=CC.Cc1ccc(C2=CCC3(C)C(CCC4(C)C3CCC3C5CCCC5(CO)CC[C@]34C)C2(C)C)cc1C(F)(F)F. The van der Waals surface area contributed by atoms with E-state index in [1.54, 1.807) is 19.1 Å². The van der Waals surface area contributed by atoms with Gasteiger partial charge in [0.1, 0.15) is 0 Å². The average Bonchev–Trinajstić information content (AvgIpc) is 3.34. The van der Waals surface area contributed by atoms with Gasteiger partial charge in [0.15, 0.2) is 0 Å². The summed E-state index contributed by atoms with van der Waals surface area (Å²) in [4.78, 5) is 0. The van der Waals surface area contributed by atoms with Crippen LogP contribution < -0.4 is 0 Å². The van der Waals surface area contributed by atoms with E-state index in [1.807, 2.05) is 13.0 Å². The van der Waals surface area contributed by atoms with E-state index in [9.17, 15) is 18.3 Å². The zero-order chi connectivity index (χ0) is 30.9. The molecule has 0 spiro atoms. The molecule has 1 nitrogen and oxygen atoms in total. The number of hydrogen-bond donors (Lipinski definition) is 1. The third-order valence-corrected chi connectivity index (χ3v) is 14.3. The average molecular weight is 585 g/mol. The molecule has 0 amide bonds. The molecule has 0 bridgehead atoms. The highest BCUT2D eigenvalue weighted by Gasteiger charge is 2.69. The van der Waals surface area contributed by atoms with Gasteiger partial charge in [-0.3, -0.25) is 0 Å². The van der Waals surface area contributed by atoms with Crippen LogP contribution in [0.1, 0.15) is 122 Å². The van der Waals surface area contributed by atoms with Crippen molar-refractivity contribution >= 4 is 5.57 Å². The largest absolute Gasteiger partial charge is 0.416 e. The highest BCUT2D eigenvalue weighted by Crippen LogP contribution is 2.77. The lowest BCUT2D eigenvalue weighted by molar-refractivity contribution is -0.225. The number of fused-ring (bicyclic) bond motifs is 7. The van der Waals surface area contributed by atoms with Gasteiger partial charge in [-0.25, -0.2) is 0 Å². The minimum Gasteiger partial charge on any atom is -0.396 e. The number of alkyl halides is 3. The molecule has 42 heavy (non-hydrogen) atoms. The summed E-state index contributed by atoms with van der Waals surface area (Å²) in [6.45, 7) is 19.6. The van der Waals surface area contributed by atoms with Crippen LogP contribution in [0.2, 0.25) is 0 Å². The zero-order valence-electron chi connectivity index (χ0n) is 27.3. The summed E-state index contributed by atoms with van der Waals surface area (Å²) in [5.41, 5.74) is 2.33. The van der Waals surface area contributed by atoms with Gasteiger partial charge in [-0.1, -0.05) is 65.3 Å². The van der Waals surface area contributed by atoms with Crippen molar-refractivity contribution in [3.63, 3.8) is 0 Å². The number of allylic oxidation sites excluding steroid dienone is 3. The molecule has 8 atom stereocenters. The summed E-state index contributed by atoms with van der Waals surface area (Å²) < 4.78 is 41.4. The first-order valence-corrected chi connectivity index (χ1v) is 16.6. The van der Waals surface area contributed by atoms with Gasteiger partial charge in [-0.2, -0.15) is 13.2 Å². The first-order valence-electron chi connectivity index (χ1n) is 16.6. The monoisotopic (exact) mass is 584 g/mol. The van der Waals surface area contributed by atoms with Crippen molar-refractivity contribution in [1.82, 2.24) is 0 Å². The van der Waals surface area contributed by atoms with Crippen LogP contribution in [0.3, 0.4) is 0 Å². The van der Waals surface area contributed by atoms with Crippen molar-refractivity contribution < 1.29 is 18.3 Å². The molecule has 0 aromatic heterocycles. The van der Waals surface area contributed by atoms with Gasteiger partial charge in [0.25, 0.3) is 0 Å². The third kappa shape index (κ3) is 4.42. The van der Waals surface area contributed by atoms with E-state index >= 15 is 0 Å². The maximum Gasteiger partial charge on any atom is 0.416 e. The van der Waals surface area contributed by atoms with E-state index in [0.29, 0.717) is 41.3 Å². The summed E-state index contributed by atoms with van der Waals surface area (Å²) in [5.74, 6) is 2.45. The maximum absolute atomic E-state index is 13.8. The topological polar surface area (TPSA) is 20.2 Å². The van der Waals surface area contributed by atoms with Crippen LogP contribution in [-0.4, -0.2) is 11.7 Å². The Morgan fingerprint density at radius 3 is 2.24 bits per heavy atom. The molecule has 1 aromatic rings. The van der Waals surface area contributed by atoms with Crippen LogP contribution in [0, 0.1) is 57.7 Å². The van der Waals surface area contributed by atoms with Crippen LogP contribution >= 0.6 is 0 Å². The van der Waals surface area contributed by atoms with Gasteiger partial charge in [0.2, 0.25) is 0 Å². The Kier molecular flexibility index (Phi) is 7.98. The normalized spacial score (nSPS) is 42.1. The zero-order valence-corrected chi connectivity index (χ0v) is 27.3. The fourth-order valence-electron chi connectivity index (χ4n) is 12.2. The number of aryl methyl sites for hydroxylation is 1. The molecule has 4 saturated carbocycles. The van der Waals surface area contributed by atoms with Crippen molar-refractivity contribution in [3.05, 3.63) is 53.6 Å². The predicted octanol–water partition coefficient (Wildman–Crippen LogP) is 11.0. The lowest BCUT2D eigenvalue weighted by Gasteiger charge is -2.72. The quantitative estimate of drug-likeness (QED) is 0.343. The number of halogens is 3. The van der Waals surface area contributed by atoms with Gasteiger partial charge in [0, 0.05) is 6.61 Å². The molecule has 7 unspecified atom stereocenters. The van der Waals surface area contributed by atoms with E-state index in [1.165, 1.54) is 57.4 Å². The van der Waals surface area contributed by atoms with E-state index in [0.717, 1.165) is 24.0 Å². The molecule has 234 valence electrons. The molecule has 4 heteroatoms. The standard InChI is InChI=1S/C35H49F3O.C3H6/c1-22-9-10-23(20-27(22)35(36,37)38)24-13-16-31(4)28(30(24,2)3)14-17-33(6)29(31)12-11-25-26-8-7-15-34(26,21-39)19-18-32(25,33)5;1-3-2/h9-10,13,20,25-26,28-29,39H,7-8,11-12,14-19,21H2,1-6H3;3H,1H2,2H3/t25?,26?,28?,29?,31?,32-,33?,34?;/m1./s1. The number of hydrogen-bond acceptors (Lipinski definition) is 1. The van der Waals surface area contributed by atoms with Crippen molar-refractivity contribution in [2.24, 2.45) is 50.7 Å². The van der Waals surface area contributed by atoms with E-state index in [-0.39, 0.29) is 21.7 Å². The summed E-state index contributed by atoms with van der Waals surface area (Å²) in [5, 5.41) is 10.5. The van der Waals surface area contributed by atoms with Crippen LogP contribution in [0.5, 0.6) is 0 Å². The van der Waals surface area contributed by atoms with Crippen molar-refractivity contribution in [2.45, 2.75) is 119 Å². The molecule has 0 aliphatic heterocycles. The Hall–Kier alpha value is -1.55. The minimum atomic E-state index is -4.33. The number of benzene rings is 1. The number of aliphatic hydroxyl groups excluding tert-OH is 1. The lowest BCUT2D eigenvalue weighted by Crippen LogP contribution is -2.65. The Morgan fingerprint density at radius 2 is 1.60 bits per heavy atom. The van der Waals surface area contributed by atoms with Gasteiger partial charge >= 0.3 is 6.18 Å². The minimum absolute atomic E-state index is 0.146. The summed E-state index contributed by atoms with van der Waals surface area (Å²) in [6, 6.07) is 4.97. The van der Waals surface area contributed by atoms with Crippen molar-refractivity contribution in [2.75, 3.05) is 6.61 Å². The molecule has 1 aromatic carbocycles. The van der Waals surface area contributed by atoms with Crippen LogP contribution in [-0.2, 0) is 6.18 Å². The van der Waals surface area contributed by atoms with Crippen LogP contribution in [0.4, 0.5) is 13.2 Å². The highest BCUT2D eigenvalue weighted by molar-refractivity contribution is 5.72. The molecule has 4 fully saturated rings. The van der Waals surface area contributed by atoms with Crippen LogP contribution in [0.25, 0.3) is 5.57 Å². The summed E-state index contributed by atoms with van der Waals surface area (Å²) in [7, 11) is 0.